The van der Waals surface area contributed by atoms with Crippen LogP contribution in [-0.2, 0) is 16.1 Å². The monoisotopic (exact) mass is 295 g/mol. The standard InChI is InChI=1S/C19H21NO2/c1-15(17-10-6-3-7-11-17)20-13-12-18(20)19(21)22-14-16-8-4-2-5-9-16/h2-11,15,18H,12-14H2,1H3/t15-,18-/m1/s1. The summed E-state index contributed by atoms with van der Waals surface area (Å²) < 4.78 is 5.47. The van der Waals surface area contributed by atoms with Gasteiger partial charge in [0, 0.05) is 12.6 Å². The van der Waals surface area contributed by atoms with Gasteiger partial charge < -0.3 is 4.74 Å². The summed E-state index contributed by atoms with van der Waals surface area (Å²) in [6.45, 7) is 3.44. The van der Waals surface area contributed by atoms with Crippen LogP contribution < -0.4 is 0 Å². The Morgan fingerprint density at radius 1 is 1.14 bits per heavy atom. The van der Waals surface area contributed by atoms with E-state index in [2.05, 4.69) is 24.0 Å². The maximum atomic E-state index is 12.3. The number of benzene rings is 2. The number of hydrogen-bond donors (Lipinski definition) is 0. The van der Waals surface area contributed by atoms with Crippen molar-refractivity contribution in [2.45, 2.75) is 32.0 Å². The lowest BCUT2D eigenvalue weighted by molar-refractivity contribution is -0.158. The van der Waals surface area contributed by atoms with Gasteiger partial charge in [-0.25, -0.2) is 0 Å². The molecule has 1 saturated heterocycles. The summed E-state index contributed by atoms with van der Waals surface area (Å²) in [7, 11) is 0. The van der Waals surface area contributed by atoms with E-state index in [-0.39, 0.29) is 18.1 Å². The van der Waals surface area contributed by atoms with E-state index in [0.29, 0.717) is 6.61 Å². The minimum atomic E-state index is -0.113. The molecule has 22 heavy (non-hydrogen) atoms. The van der Waals surface area contributed by atoms with Crippen molar-refractivity contribution in [3.05, 3.63) is 71.8 Å². The fraction of sp³-hybridized carbons (Fsp3) is 0.316. The summed E-state index contributed by atoms with van der Waals surface area (Å²) >= 11 is 0. The second-order valence-corrected chi connectivity index (χ2v) is 5.72. The molecule has 0 aromatic heterocycles. The smallest absolute Gasteiger partial charge is 0.323 e. The normalized spacial score (nSPS) is 19.2. The number of esters is 1. The van der Waals surface area contributed by atoms with Gasteiger partial charge in [0.15, 0.2) is 0 Å². The zero-order chi connectivity index (χ0) is 15.4. The van der Waals surface area contributed by atoms with Crippen molar-refractivity contribution in [3.8, 4) is 0 Å². The van der Waals surface area contributed by atoms with Gasteiger partial charge in [-0.1, -0.05) is 60.7 Å². The Balaban J connectivity index is 1.57. The van der Waals surface area contributed by atoms with Gasteiger partial charge in [0.05, 0.1) is 0 Å². The highest BCUT2D eigenvalue weighted by atomic mass is 16.5. The predicted molar refractivity (Wildman–Crippen MR) is 86.2 cm³/mol. The fourth-order valence-electron chi connectivity index (χ4n) is 2.87. The lowest BCUT2D eigenvalue weighted by atomic mass is 9.96. The number of rotatable bonds is 5. The van der Waals surface area contributed by atoms with Crippen LogP contribution in [0.25, 0.3) is 0 Å². The Kier molecular flexibility index (Phi) is 4.54. The van der Waals surface area contributed by atoms with Crippen LogP contribution in [0.3, 0.4) is 0 Å². The van der Waals surface area contributed by atoms with Crippen molar-refractivity contribution < 1.29 is 9.53 Å². The van der Waals surface area contributed by atoms with Crippen LogP contribution in [0.15, 0.2) is 60.7 Å². The molecule has 3 rings (SSSR count). The summed E-state index contributed by atoms with van der Waals surface area (Å²) in [5, 5.41) is 0. The first kappa shape index (κ1) is 14.8. The van der Waals surface area contributed by atoms with Crippen molar-refractivity contribution >= 4 is 5.97 Å². The maximum absolute atomic E-state index is 12.3. The third-order valence-corrected chi connectivity index (χ3v) is 4.34. The molecule has 1 aliphatic rings. The number of hydrogen-bond acceptors (Lipinski definition) is 3. The number of likely N-dealkylation sites (tertiary alicyclic amines) is 1. The fourth-order valence-corrected chi connectivity index (χ4v) is 2.87. The number of nitrogens with zero attached hydrogens (tertiary/aromatic N) is 1. The molecule has 3 heteroatoms. The quantitative estimate of drug-likeness (QED) is 0.790. The van der Waals surface area contributed by atoms with Crippen molar-refractivity contribution in [3.63, 3.8) is 0 Å². The van der Waals surface area contributed by atoms with Gasteiger partial charge in [0.2, 0.25) is 0 Å². The molecule has 1 aliphatic heterocycles. The summed E-state index contributed by atoms with van der Waals surface area (Å²) in [6, 6.07) is 20.2. The van der Waals surface area contributed by atoms with E-state index < -0.39 is 0 Å². The molecule has 1 heterocycles. The first-order valence-electron chi connectivity index (χ1n) is 7.77. The summed E-state index contributed by atoms with van der Waals surface area (Å²) in [6.07, 6.45) is 0.880. The molecule has 0 spiro atoms. The minimum Gasteiger partial charge on any atom is -0.460 e. The SMILES string of the molecule is C[C@H](c1ccccc1)N1CC[C@@H]1C(=O)OCc1ccccc1. The third kappa shape index (κ3) is 3.20. The Hall–Kier alpha value is -2.13. The van der Waals surface area contributed by atoms with Crippen LogP contribution in [-0.4, -0.2) is 23.5 Å². The lowest BCUT2D eigenvalue weighted by Gasteiger charge is -2.43. The van der Waals surface area contributed by atoms with Gasteiger partial charge in [-0.2, -0.15) is 0 Å². The van der Waals surface area contributed by atoms with E-state index in [4.69, 9.17) is 4.74 Å². The van der Waals surface area contributed by atoms with Gasteiger partial charge in [0.1, 0.15) is 12.6 Å². The molecule has 2 aromatic rings. The number of carbonyl (C=O) groups is 1. The van der Waals surface area contributed by atoms with E-state index in [1.54, 1.807) is 0 Å². The maximum Gasteiger partial charge on any atom is 0.323 e. The molecule has 0 amide bonds. The Bertz CT molecular complexity index is 612. The molecule has 0 N–H and O–H groups in total. The van der Waals surface area contributed by atoms with Gasteiger partial charge >= 0.3 is 5.97 Å². The molecule has 0 aliphatic carbocycles. The molecular weight excluding hydrogens is 274 g/mol. The highest BCUT2D eigenvalue weighted by Crippen LogP contribution is 2.30. The van der Waals surface area contributed by atoms with Crippen molar-refractivity contribution in [2.75, 3.05) is 6.54 Å². The molecule has 2 atom stereocenters. The van der Waals surface area contributed by atoms with Crippen molar-refractivity contribution in [2.24, 2.45) is 0 Å². The number of carbonyl (C=O) groups excluding carboxylic acids is 1. The first-order chi connectivity index (χ1) is 10.8. The molecule has 3 nitrogen and oxygen atoms in total. The average Bonchev–Trinajstić information content (AvgIpc) is 2.54. The summed E-state index contributed by atoms with van der Waals surface area (Å²) in [5.74, 6) is -0.113. The van der Waals surface area contributed by atoms with Crippen LogP contribution in [0.1, 0.15) is 30.5 Å². The highest BCUT2D eigenvalue weighted by Gasteiger charge is 2.38. The second kappa shape index (κ2) is 6.75. The van der Waals surface area contributed by atoms with E-state index in [1.165, 1.54) is 5.56 Å². The topological polar surface area (TPSA) is 29.5 Å². The Morgan fingerprint density at radius 3 is 2.36 bits per heavy atom. The van der Waals surface area contributed by atoms with Gasteiger partial charge in [-0.05, 0) is 24.5 Å². The molecule has 114 valence electrons. The molecular formula is C19H21NO2. The third-order valence-electron chi connectivity index (χ3n) is 4.34. The molecule has 0 saturated carbocycles. The summed E-state index contributed by atoms with van der Waals surface area (Å²) in [4.78, 5) is 14.5. The van der Waals surface area contributed by atoms with Crippen LogP contribution in [0.5, 0.6) is 0 Å². The van der Waals surface area contributed by atoms with Crippen LogP contribution >= 0.6 is 0 Å². The molecule has 0 bridgehead atoms. The molecule has 2 aromatic carbocycles. The molecule has 1 fully saturated rings. The highest BCUT2D eigenvalue weighted by molar-refractivity contribution is 5.77. The Labute approximate surface area is 131 Å². The van der Waals surface area contributed by atoms with Gasteiger partial charge in [-0.15, -0.1) is 0 Å². The zero-order valence-electron chi connectivity index (χ0n) is 12.8. The minimum absolute atomic E-state index is 0.112. The van der Waals surface area contributed by atoms with Crippen LogP contribution in [0, 0.1) is 0 Å². The molecule has 0 unspecified atom stereocenters. The summed E-state index contributed by atoms with van der Waals surface area (Å²) in [5.41, 5.74) is 2.26. The van der Waals surface area contributed by atoms with E-state index in [1.807, 2.05) is 48.5 Å². The lowest BCUT2D eigenvalue weighted by Crippen LogP contribution is -2.53. The zero-order valence-corrected chi connectivity index (χ0v) is 12.8. The Morgan fingerprint density at radius 2 is 1.77 bits per heavy atom. The second-order valence-electron chi connectivity index (χ2n) is 5.72. The predicted octanol–water partition coefficient (Wildman–Crippen LogP) is 3.57. The first-order valence-corrected chi connectivity index (χ1v) is 7.77. The van der Waals surface area contributed by atoms with E-state index in [9.17, 15) is 4.79 Å². The average molecular weight is 295 g/mol. The van der Waals surface area contributed by atoms with Crippen molar-refractivity contribution in [1.82, 2.24) is 4.90 Å². The molecule has 0 radical (unpaired) electrons. The van der Waals surface area contributed by atoms with Crippen LogP contribution in [0.2, 0.25) is 0 Å². The van der Waals surface area contributed by atoms with E-state index >= 15 is 0 Å². The van der Waals surface area contributed by atoms with Crippen molar-refractivity contribution in [1.29, 1.82) is 0 Å². The largest absolute Gasteiger partial charge is 0.460 e. The van der Waals surface area contributed by atoms with Gasteiger partial charge in [-0.3, -0.25) is 9.69 Å². The van der Waals surface area contributed by atoms with E-state index in [0.717, 1.165) is 18.5 Å². The number of ether oxygens (including phenoxy) is 1. The van der Waals surface area contributed by atoms with Gasteiger partial charge in [0.25, 0.3) is 0 Å². The van der Waals surface area contributed by atoms with Crippen LogP contribution in [0.4, 0.5) is 0 Å².